The molecule has 1 aromatic carbocycles. The smallest absolute Gasteiger partial charge is 0.335 e. The van der Waals surface area contributed by atoms with Crippen LogP contribution in [0.5, 0.6) is 0 Å². The third-order valence-corrected chi connectivity index (χ3v) is 5.60. The van der Waals surface area contributed by atoms with Gasteiger partial charge < -0.3 is 15.7 Å². The van der Waals surface area contributed by atoms with Crippen LogP contribution in [0.3, 0.4) is 0 Å². The highest BCUT2D eigenvalue weighted by Crippen LogP contribution is 2.21. The zero-order valence-corrected chi connectivity index (χ0v) is 17.8. The normalized spacial score (nSPS) is 10.6. The van der Waals surface area contributed by atoms with E-state index in [1.807, 2.05) is 0 Å². The maximum absolute atomic E-state index is 12.2. The molecule has 3 N–H and O–H groups in total. The Morgan fingerprint density at radius 1 is 0.871 bits per heavy atom. The monoisotopic (exact) mass is 464 g/mol. The molecule has 2 heterocycles. The number of nitrogens with one attached hydrogen (secondary N) is 2. The number of carbonyl (C=O) groups excluding carboxylic acids is 2. The summed E-state index contributed by atoms with van der Waals surface area (Å²) in [6, 6.07) is 4.06. The van der Waals surface area contributed by atoms with Crippen LogP contribution in [-0.2, 0) is 23.7 Å². The van der Waals surface area contributed by atoms with Crippen LogP contribution in [0.1, 0.15) is 10.4 Å². The quantitative estimate of drug-likeness (QED) is 0.358. The lowest BCUT2D eigenvalue weighted by atomic mass is 10.1. The number of thioether (sulfide) groups is 2. The number of aromatic nitrogens is 8. The number of aryl methyl sites for hydroxylation is 2. The Labute approximate surface area is 183 Å². The second-order valence-corrected chi connectivity index (χ2v) is 7.83. The van der Waals surface area contributed by atoms with E-state index < -0.39 is 17.8 Å². The molecule has 0 unspecified atom stereocenters. The van der Waals surface area contributed by atoms with Crippen LogP contribution in [0.4, 0.5) is 11.4 Å². The van der Waals surface area contributed by atoms with E-state index in [1.165, 1.54) is 27.6 Å². The largest absolute Gasteiger partial charge is 0.478 e. The number of amides is 2. The van der Waals surface area contributed by atoms with Gasteiger partial charge in [0.05, 0.1) is 17.1 Å². The highest BCUT2D eigenvalue weighted by atomic mass is 32.2. The van der Waals surface area contributed by atoms with E-state index in [9.17, 15) is 19.5 Å². The molecule has 162 valence electrons. The molecule has 31 heavy (non-hydrogen) atoms. The molecule has 0 atom stereocenters. The lowest BCUT2D eigenvalue weighted by Crippen LogP contribution is -2.17. The van der Waals surface area contributed by atoms with Gasteiger partial charge in [0.15, 0.2) is 0 Å². The molecular formula is C15H16N10O4S2. The molecule has 0 aliphatic carbocycles. The van der Waals surface area contributed by atoms with Crippen molar-refractivity contribution in [2.24, 2.45) is 14.1 Å². The van der Waals surface area contributed by atoms with Crippen molar-refractivity contribution in [1.29, 1.82) is 0 Å². The van der Waals surface area contributed by atoms with Crippen molar-refractivity contribution in [3.05, 3.63) is 23.8 Å². The number of carbonyl (C=O) groups is 3. The summed E-state index contributed by atoms with van der Waals surface area (Å²) in [6.45, 7) is 0. The van der Waals surface area contributed by atoms with Crippen molar-refractivity contribution in [2.75, 3.05) is 22.1 Å². The maximum atomic E-state index is 12.2. The van der Waals surface area contributed by atoms with Crippen molar-refractivity contribution in [1.82, 2.24) is 40.4 Å². The summed E-state index contributed by atoms with van der Waals surface area (Å²) in [4.78, 5) is 35.9. The summed E-state index contributed by atoms with van der Waals surface area (Å²) in [6.07, 6.45) is 0. The van der Waals surface area contributed by atoms with Crippen LogP contribution in [0.15, 0.2) is 28.5 Å². The van der Waals surface area contributed by atoms with Gasteiger partial charge in [-0.2, -0.15) is 0 Å². The number of carboxylic acids is 1. The standard InChI is InChI=1S/C15H16N10O4S2/c1-24-14(18-20-22-24)30-6-11(26)16-9-3-8(13(28)29)4-10(5-9)17-12(27)7-31-15-19-21-23-25(15)2/h3-5H,6-7H2,1-2H3,(H,16,26)(H,17,27)(H,28,29). The van der Waals surface area contributed by atoms with Gasteiger partial charge in [0.2, 0.25) is 22.1 Å². The first-order valence-corrected chi connectivity index (χ1v) is 10.5. The molecule has 3 aromatic rings. The number of rotatable bonds is 9. The van der Waals surface area contributed by atoms with E-state index >= 15 is 0 Å². The number of benzene rings is 1. The number of hydrogen-bond acceptors (Lipinski definition) is 11. The maximum Gasteiger partial charge on any atom is 0.335 e. The van der Waals surface area contributed by atoms with Crippen molar-refractivity contribution < 1.29 is 19.5 Å². The summed E-state index contributed by atoms with van der Waals surface area (Å²) in [5, 5.41) is 37.3. The zero-order valence-electron chi connectivity index (χ0n) is 16.2. The van der Waals surface area contributed by atoms with Gasteiger partial charge in [-0.3, -0.25) is 9.59 Å². The van der Waals surface area contributed by atoms with Crippen molar-refractivity contribution in [3.63, 3.8) is 0 Å². The van der Waals surface area contributed by atoms with Gasteiger partial charge in [0, 0.05) is 25.5 Å². The molecule has 0 bridgehead atoms. The minimum Gasteiger partial charge on any atom is -0.478 e. The predicted octanol–water partition coefficient (Wildman–Crippen LogP) is -0.107. The van der Waals surface area contributed by atoms with Crippen LogP contribution in [0.25, 0.3) is 0 Å². The molecule has 0 radical (unpaired) electrons. The fourth-order valence-corrected chi connectivity index (χ4v) is 3.54. The Hall–Kier alpha value is -3.53. The molecule has 2 amide bonds. The Bertz CT molecular complexity index is 1040. The van der Waals surface area contributed by atoms with E-state index in [0.29, 0.717) is 10.3 Å². The first kappa shape index (κ1) is 22.2. The van der Waals surface area contributed by atoms with Crippen LogP contribution in [0.2, 0.25) is 0 Å². The van der Waals surface area contributed by atoms with Gasteiger partial charge in [-0.05, 0) is 39.1 Å². The van der Waals surface area contributed by atoms with Gasteiger partial charge >= 0.3 is 5.97 Å². The fourth-order valence-electron chi connectivity index (χ4n) is 2.24. The topological polar surface area (TPSA) is 183 Å². The van der Waals surface area contributed by atoms with Gasteiger partial charge in [-0.25, -0.2) is 14.2 Å². The summed E-state index contributed by atoms with van der Waals surface area (Å²) in [5.74, 6) is -1.97. The van der Waals surface area contributed by atoms with E-state index in [4.69, 9.17) is 0 Å². The highest BCUT2D eigenvalue weighted by Gasteiger charge is 2.14. The molecule has 14 nitrogen and oxygen atoms in total. The number of carboxylic acid groups (broad SMARTS) is 1. The van der Waals surface area contributed by atoms with E-state index in [0.717, 1.165) is 23.5 Å². The average Bonchev–Trinajstić information content (AvgIpc) is 3.32. The van der Waals surface area contributed by atoms with Gasteiger partial charge in [-0.1, -0.05) is 23.5 Å². The van der Waals surface area contributed by atoms with Crippen molar-refractivity contribution in [3.8, 4) is 0 Å². The summed E-state index contributed by atoms with van der Waals surface area (Å²) in [5.41, 5.74) is 0.354. The summed E-state index contributed by atoms with van der Waals surface area (Å²) >= 11 is 2.24. The second-order valence-electron chi connectivity index (χ2n) is 5.95. The second kappa shape index (κ2) is 9.98. The Morgan fingerprint density at radius 3 is 1.68 bits per heavy atom. The van der Waals surface area contributed by atoms with Crippen molar-refractivity contribution >= 4 is 52.7 Å². The van der Waals surface area contributed by atoms with Crippen molar-refractivity contribution in [2.45, 2.75) is 10.3 Å². The lowest BCUT2D eigenvalue weighted by Gasteiger charge is -2.10. The Balaban J connectivity index is 1.63. The van der Waals surface area contributed by atoms with Crippen LogP contribution in [-0.4, -0.2) is 74.8 Å². The van der Waals surface area contributed by atoms with E-state index in [1.54, 1.807) is 14.1 Å². The summed E-state index contributed by atoms with van der Waals surface area (Å²) in [7, 11) is 3.29. The van der Waals surface area contributed by atoms with E-state index in [2.05, 4.69) is 41.7 Å². The van der Waals surface area contributed by atoms with Gasteiger partial charge in [-0.15, -0.1) is 10.2 Å². The van der Waals surface area contributed by atoms with Crippen LogP contribution in [0, 0.1) is 0 Å². The predicted molar refractivity (Wildman–Crippen MR) is 110 cm³/mol. The SMILES string of the molecule is Cn1nnnc1SCC(=O)Nc1cc(NC(=O)CSc2nnnn2C)cc(C(=O)O)c1. The molecule has 3 rings (SSSR count). The Kier molecular flexibility index (Phi) is 7.14. The average molecular weight is 464 g/mol. The Morgan fingerprint density at radius 2 is 1.32 bits per heavy atom. The minimum absolute atomic E-state index is 0.00950. The molecular weight excluding hydrogens is 448 g/mol. The molecule has 2 aromatic heterocycles. The van der Waals surface area contributed by atoms with Crippen LogP contribution < -0.4 is 10.6 Å². The number of hydrogen-bond donors (Lipinski definition) is 3. The molecule has 0 aliphatic heterocycles. The molecule has 0 saturated carbocycles. The number of anilines is 2. The van der Waals surface area contributed by atoms with Gasteiger partial charge in [0.1, 0.15) is 0 Å². The molecule has 0 spiro atoms. The highest BCUT2D eigenvalue weighted by molar-refractivity contribution is 8.00. The molecule has 0 fully saturated rings. The number of aromatic carboxylic acids is 1. The molecule has 0 saturated heterocycles. The van der Waals surface area contributed by atoms with E-state index in [-0.39, 0.29) is 28.4 Å². The number of tetrazole rings is 2. The first-order chi connectivity index (χ1) is 14.8. The van der Waals surface area contributed by atoms with Gasteiger partial charge in [0.25, 0.3) is 0 Å². The zero-order chi connectivity index (χ0) is 22.4. The fraction of sp³-hybridized carbons (Fsp3) is 0.267. The van der Waals surface area contributed by atoms with Crippen LogP contribution >= 0.6 is 23.5 Å². The lowest BCUT2D eigenvalue weighted by molar-refractivity contribution is -0.114. The molecule has 16 heteroatoms. The minimum atomic E-state index is -1.20. The molecule has 0 aliphatic rings. The third kappa shape index (κ3) is 6.22. The third-order valence-electron chi connectivity index (χ3n) is 3.57. The number of nitrogens with zero attached hydrogens (tertiary/aromatic N) is 8. The first-order valence-electron chi connectivity index (χ1n) is 8.50. The summed E-state index contributed by atoms with van der Waals surface area (Å²) < 4.78 is 2.84.